The summed E-state index contributed by atoms with van der Waals surface area (Å²) in [5, 5.41) is 19.0. The van der Waals surface area contributed by atoms with Gasteiger partial charge in [0.15, 0.2) is 0 Å². The van der Waals surface area contributed by atoms with Crippen molar-refractivity contribution in [3.8, 4) is 51.1 Å². The molecular formula is C44H27N3O. The summed E-state index contributed by atoms with van der Waals surface area (Å²) in [4.78, 5) is 8.97. The molecule has 0 atom stereocenters. The average molecular weight is 614 g/mol. The normalized spacial score (nSPS) is 12.5. The van der Waals surface area contributed by atoms with Crippen LogP contribution in [0.3, 0.4) is 0 Å². The molecule has 4 heteroatoms. The summed E-state index contributed by atoms with van der Waals surface area (Å²) in [6, 6.07) is 42.6. The molecule has 0 bridgehead atoms. The second kappa shape index (κ2) is 10.8. The number of hydrogen-bond donors (Lipinski definition) is 0. The first-order valence-electron chi connectivity index (χ1n) is 15.9. The van der Waals surface area contributed by atoms with Crippen molar-refractivity contribution in [2.75, 3.05) is 0 Å². The molecule has 0 fully saturated rings. The molecule has 0 aliphatic carbocycles. The summed E-state index contributed by atoms with van der Waals surface area (Å²) in [7, 11) is 0. The number of pyridine rings is 1. The quantitative estimate of drug-likeness (QED) is 0.110. The van der Waals surface area contributed by atoms with Gasteiger partial charge in [0.2, 0.25) is 0 Å². The maximum absolute atomic E-state index is 9.46. The summed E-state index contributed by atoms with van der Waals surface area (Å²) < 4.78 is 6.40. The number of aromatic nitrogens is 1. The van der Waals surface area contributed by atoms with Crippen LogP contribution in [-0.4, -0.2) is 11.7 Å². The minimum absolute atomic E-state index is 0.585. The van der Waals surface area contributed by atoms with E-state index in [0.29, 0.717) is 11.3 Å². The third kappa shape index (κ3) is 4.08. The molecule has 0 spiro atoms. The van der Waals surface area contributed by atoms with Crippen LogP contribution in [0.2, 0.25) is 0 Å². The van der Waals surface area contributed by atoms with Gasteiger partial charge in [-0.15, -0.1) is 0 Å². The van der Waals surface area contributed by atoms with E-state index in [0.717, 1.165) is 55.7 Å². The van der Waals surface area contributed by atoms with Gasteiger partial charge in [-0.1, -0.05) is 84.9 Å². The molecule has 9 rings (SSSR count). The van der Waals surface area contributed by atoms with Gasteiger partial charge < -0.3 is 4.74 Å². The molecule has 4 nitrogen and oxygen atoms in total. The second-order valence-corrected chi connectivity index (χ2v) is 12.1. The van der Waals surface area contributed by atoms with E-state index in [1.54, 1.807) is 6.20 Å². The largest absolute Gasteiger partial charge is 0.456 e. The van der Waals surface area contributed by atoms with Crippen LogP contribution in [0, 0.1) is 11.3 Å². The molecule has 1 aliphatic rings. The number of hydrogen-bond acceptors (Lipinski definition) is 4. The number of allylic oxidation sites excluding steroid dienone is 3. The highest BCUT2D eigenvalue weighted by Gasteiger charge is 2.23. The summed E-state index contributed by atoms with van der Waals surface area (Å²) in [6.45, 7) is 5.57. The molecule has 0 saturated carbocycles. The smallest absolute Gasteiger partial charge is 0.136 e. The van der Waals surface area contributed by atoms with Crippen LogP contribution in [0.1, 0.15) is 18.2 Å². The molecule has 0 amide bonds. The van der Waals surface area contributed by atoms with Crippen LogP contribution < -0.4 is 4.74 Å². The van der Waals surface area contributed by atoms with Gasteiger partial charge in [-0.05, 0) is 116 Å². The number of aliphatic imine (C=N–C) groups is 1. The predicted octanol–water partition coefficient (Wildman–Crippen LogP) is 11.7. The van der Waals surface area contributed by atoms with Crippen molar-refractivity contribution in [3.05, 3.63) is 145 Å². The molecule has 0 saturated heterocycles. The Kier molecular flexibility index (Phi) is 6.21. The summed E-state index contributed by atoms with van der Waals surface area (Å²) in [5.41, 5.74) is 8.95. The Morgan fingerprint density at radius 2 is 1.33 bits per heavy atom. The van der Waals surface area contributed by atoms with Crippen LogP contribution in [0.15, 0.2) is 139 Å². The zero-order valence-electron chi connectivity index (χ0n) is 26.2. The van der Waals surface area contributed by atoms with Crippen LogP contribution in [0.5, 0.6) is 11.5 Å². The first-order valence-corrected chi connectivity index (χ1v) is 15.9. The van der Waals surface area contributed by atoms with Crippen molar-refractivity contribution in [1.82, 2.24) is 4.98 Å². The van der Waals surface area contributed by atoms with Gasteiger partial charge >= 0.3 is 0 Å². The van der Waals surface area contributed by atoms with Crippen molar-refractivity contribution < 1.29 is 4.74 Å². The topological polar surface area (TPSA) is 58.3 Å². The highest BCUT2D eigenvalue weighted by Crippen LogP contribution is 2.50. The monoisotopic (exact) mass is 613 g/mol. The molecule has 1 aromatic heterocycles. The Morgan fingerprint density at radius 3 is 2.08 bits per heavy atom. The van der Waals surface area contributed by atoms with Crippen molar-refractivity contribution >= 4 is 55.4 Å². The SMILES string of the molecule is C=N/C=C\C(=C/C)c1cccc(-c2ccc3ccc4c(-c5ccc6c7c(cccc57)Oc5cc(C#N)ccc5-6)ccc5ccc2c3c54)n1. The summed E-state index contributed by atoms with van der Waals surface area (Å²) in [5.74, 6) is 1.52. The number of nitriles is 1. The fourth-order valence-corrected chi connectivity index (χ4v) is 7.40. The fraction of sp³-hybridized carbons (Fsp3) is 0.0227. The van der Waals surface area contributed by atoms with Crippen LogP contribution in [-0.2, 0) is 0 Å². The number of fused-ring (bicyclic) bond motifs is 2. The highest BCUT2D eigenvalue weighted by atomic mass is 16.5. The number of rotatable bonds is 5. The lowest BCUT2D eigenvalue weighted by molar-refractivity contribution is 0.487. The highest BCUT2D eigenvalue weighted by molar-refractivity contribution is 6.28. The molecule has 2 heterocycles. The van der Waals surface area contributed by atoms with Crippen LogP contribution >= 0.6 is 0 Å². The Morgan fingerprint density at radius 1 is 0.688 bits per heavy atom. The molecular weight excluding hydrogens is 587 g/mol. The van der Waals surface area contributed by atoms with Crippen LogP contribution in [0.4, 0.5) is 0 Å². The third-order valence-corrected chi connectivity index (χ3v) is 9.57. The van der Waals surface area contributed by atoms with Crippen molar-refractivity contribution in [2.24, 2.45) is 4.99 Å². The molecule has 48 heavy (non-hydrogen) atoms. The molecule has 0 radical (unpaired) electrons. The van der Waals surface area contributed by atoms with E-state index in [4.69, 9.17) is 9.72 Å². The van der Waals surface area contributed by atoms with E-state index >= 15 is 0 Å². The minimum atomic E-state index is 0.585. The average Bonchev–Trinajstić information content (AvgIpc) is 3.14. The van der Waals surface area contributed by atoms with Crippen molar-refractivity contribution in [1.29, 1.82) is 5.26 Å². The standard InChI is InChI=1S/C44H27N3O/c1-3-27(22-23-46-2)38-7-5-8-39(47-38)32-17-12-29-13-18-35-30(16-11-28-14-19-36(32)43(29)42(28)35)31-20-21-37-33-15-10-26(25-45)24-41(33)48-40-9-4-6-34(31)44(37)40/h3-24H,2H2,1H3/b23-22-,27-3+. The van der Waals surface area contributed by atoms with E-state index in [-0.39, 0.29) is 0 Å². The number of nitrogens with zero attached hydrogens (tertiary/aromatic N) is 3. The van der Waals surface area contributed by atoms with Gasteiger partial charge in [-0.25, -0.2) is 4.98 Å². The first-order chi connectivity index (χ1) is 23.7. The van der Waals surface area contributed by atoms with Gasteiger partial charge in [-0.3, -0.25) is 4.99 Å². The molecule has 0 unspecified atom stereocenters. The van der Waals surface area contributed by atoms with E-state index in [1.807, 2.05) is 49.4 Å². The van der Waals surface area contributed by atoms with E-state index in [9.17, 15) is 5.26 Å². The van der Waals surface area contributed by atoms with Crippen molar-refractivity contribution in [2.45, 2.75) is 6.92 Å². The summed E-state index contributed by atoms with van der Waals surface area (Å²) in [6.07, 6.45) is 5.66. The Bertz CT molecular complexity index is 2750. The first kappa shape index (κ1) is 27.7. The molecule has 1 aliphatic heterocycles. The lowest BCUT2D eigenvalue weighted by Crippen LogP contribution is -1.98. The number of ether oxygens (including phenoxy) is 1. The van der Waals surface area contributed by atoms with Gasteiger partial charge in [0.25, 0.3) is 0 Å². The second-order valence-electron chi connectivity index (χ2n) is 12.1. The molecule has 8 aromatic rings. The van der Waals surface area contributed by atoms with E-state index < -0.39 is 0 Å². The maximum atomic E-state index is 9.46. The lowest BCUT2D eigenvalue weighted by atomic mass is 9.85. The summed E-state index contributed by atoms with van der Waals surface area (Å²) >= 11 is 0. The lowest BCUT2D eigenvalue weighted by Gasteiger charge is -2.23. The molecule has 224 valence electrons. The molecule has 7 aromatic carbocycles. The van der Waals surface area contributed by atoms with Gasteiger partial charge in [0.1, 0.15) is 11.5 Å². The fourth-order valence-electron chi connectivity index (χ4n) is 7.40. The van der Waals surface area contributed by atoms with E-state index in [2.05, 4.69) is 103 Å². The van der Waals surface area contributed by atoms with Crippen LogP contribution in [0.25, 0.3) is 82.2 Å². The van der Waals surface area contributed by atoms with Crippen molar-refractivity contribution in [3.63, 3.8) is 0 Å². The zero-order chi connectivity index (χ0) is 32.4. The van der Waals surface area contributed by atoms with Gasteiger partial charge in [-0.2, -0.15) is 5.26 Å². The van der Waals surface area contributed by atoms with Gasteiger partial charge in [0.05, 0.1) is 23.0 Å². The molecule has 0 N–H and O–H groups in total. The number of benzene rings is 7. The Hall–Kier alpha value is -6.57. The maximum Gasteiger partial charge on any atom is 0.136 e. The predicted molar refractivity (Wildman–Crippen MR) is 199 cm³/mol. The Labute approximate surface area is 277 Å². The van der Waals surface area contributed by atoms with E-state index in [1.165, 1.54) is 37.9 Å². The zero-order valence-corrected chi connectivity index (χ0v) is 26.2. The Balaban J connectivity index is 1.26. The third-order valence-electron chi connectivity index (χ3n) is 9.57. The van der Waals surface area contributed by atoms with Gasteiger partial charge in [0, 0.05) is 22.7 Å². The minimum Gasteiger partial charge on any atom is -0.456 e.